The standard InChI is InChI=1S/C19H29N5O.HI/c1-16(2)15-25-14-12-22-19(20-3)21-11-9-17-5-7-18(8-6-17)24-13-4-10-23-24;/h4-8,10,13,16H,9,11-12,14-15H2,1-3H3,(H2,20,21,22);1H. The van der Waals surface area contributed by atoms with Crippen LogP contribution in [0.25, 0.3) is 5.69 Å². The molecular formula is C19H30IN5O. The van der Waals surface area contributed by atoms with E-state index in [1.54, 1.807) is 13.2 Å². The second-order valence-corrected chi connectivity index (χ2v) is 6.26. The van der Waals surface area contributed by atoms with Gasteiger partial charge in [-0.05, 0) is 36.1 Å². The van der Waals surface area contributed by atoms with Crippen molar-refractivity contribution in [3.8, 4) is 5.69 Å². The summed E-state index contributed by atoms with van der Waals surface area (Å²) in [4.78, 5) is 4.23. The Balaban J connectivity index is 0.00000338. The Morgan fingerprint density at radius 1 is 1.19 bits per heavy atom. The zero-order valence-corrected chi connectivity index (χ0v) is 18.1. The lowest BCUT2D eigenvalue weighted by atomic mass is 10.1. The van der Waals surface area contributed by atoms with E-state index in [4.69, 9.17) is 4.74 Å². The van der Waals surface area contributed by atoms with Crippen LogP contribution in [0.3, 0.4) is 0 Å². The number of halogens is 1. The third-order valence-electron chi connectivity index (χ3n) is 3.63. The minimum atomic E-state index is 0. The maximum Gasteiger partial charge on any atom is 0.191 e. The number of aliphatic imine (C=N–C) groups is 1. The predicted molar refractivity (Wildman–Crippen MR) is 118 cm³/mol. The van der Waals surface area contributed by atoms with Gasteiger partial charge < -0.3 is 15.4 Å². The van der Waals surface area contributed by atoms with Crippen LogP contribution in [0.4, 0.5) is 0 Å². The first-order valence-electron chi connectivity index (χ1n) is 8.80. The molecule has 1 aromatic carbocycles. The van der Waals surface area contributed by atoms with Crippen LogP contribution >= 0.6 is 24.0 Å². The van der Waals surface area contributed by atoms with E-state index in [1.807, 2.05) is 16.9 Å². The van der Waals surface area contributed by atoms with E-state index < -0.39 is 0 Å². The Morgan fingerprint density at radius 2 is 1.92 bits per heavy atom. The van der Waals surface area contributed by atoms with Gasteiger partial charge in [0.2, 0.25) is 0 Å². The zero-order chi connectivity index (χ0) is 17.9. The van der Waals surface area contributed by atoms with Crippen LogP contribution in [-0.4, -0.2) is 49.1 Å². The van der Waals surface area contributed by atoms with Gasteiger partial charge in [-0.15, -0.1) is 24.0 Å². The lowest BCUT2D eigenvalue weighted by Gasteiger charge is -2.13. The second-order valence-electron chi connectivity index (χ2n) is 6.26. The van der Waals surface area contributed by atoms with Gasteiger partial charge >= 0.3 is 0 Å². The number of guanidine groups is 1. The summed E-state index contributed by atoms with van der Waals surface area (Å²) < 4.78 is 7.41. The van der Waals surface area contributed by atoms with Crippen molar-refractivity contribution in [1.29, 1.82) is 0 Å². The lowest BCUT2D eigenvalue weighted by Crippen LogP contribution is -2.39. The Hall–Kier alpha value is -1.61. The molecular weight excluding hydrogens is 441 g/mol. The number of hydrogen-bond acceptors (Lipinski definition) is 3. The summed E-state index contributed by atoms with van der Waals surface area (Å²) in [5, 5.41) is 10.8. The zero-order valence-electron chi connectivity index (χ0n) is 15.8. The first-order valence-corrected chi connectivity index (χ1v) is 8.80. The fourth-order valence-corrected chi connectivity index (χ4v) is 2.34. The molecule has 0 fully saturated rings. The van der Waals surface area contributed by atoms with Gasteiger partial charge in [0.05, 0.1) is 12.3 Å². The molecule has 0 aliphatic heterocycles. The molecule has 0 saturated heterocycles. The van der Waals surface area contributed by atoms with Crippen molar-refractivity contribution in [2.45, 2.75) is 20.3 Å². The lowest BCUT2D eigenvalue weighted by molar-refractivity contribution is 0.114. The normalized spacial score (nSPS) is 11.3. The van der Waals surface area contributed by atoms with Gasteiger partial charge in [0.1, 0.15) is 0 Å². The highest BCUT2D eigenvalue weighted by atomic mass is 127. The largest absolute Gasteiger partial charge is 0.379 e. The molecule has 2 aromatic rings. The Bertz CT molecular complexity index is 626. The van der Waals surface area contributed by atoms with Crippen LogP contribution in [0, 0.1) is 5.92 Å². The van der Waals surface area contributed by atoms with E-state index in [-0.39, 0.29) is 24.0 Å². The van der Waals surface area contributed by atoms with Crippen LogP contribution in [0.5, 0.6) is 0 Å². The number of aromatic nitrogens is 2. The highest BCUT2D eigenvalue weighted by molar-refractivity contribution is 14.0. The van der Waals surface area contributed by atoms with Crippen molar-refractivity contribution in [1.82, 2.24) is 20.4 Å². The Kier molecular flexibility index (Phi) is 11.0. The summed E-state index contributed by atoms with van der Waals surface area (Å²) >= 11 is 0. The average Bonchev–Trinajstić information content (AvgIpc) is 3.15. The summed E-state index contributed by atoms with van der Waals surface area (Å²) in [6.45, 7) is 7.36. The SMILES string of the molecule is CN=C(NCCOCC(C)C)NCCc1ccc(-n2cccn2)cc1.I. The van der Waals surface area contributed by atoms with Crippen molar-refractivity contribution < 1.29 is 4.74 Å². The molecule has 26 heavy (non-hydrogen) atoms. The molecule has 0 spiro atoms. The minimum absolute atomic E-state index is 0. The van der Waals surface area contributed by atoms with E-state index in [0.29, 0.717) is 12.5 Å². The van der Waals surface area contributed by atoms with Crippen LogP contribution in [0.2, 0.25) is 0 Å². The molecule has 0 aliphatic carbocycles. The first-order chi connectivity index (χ1) is 12.2. The van der Waals surface area contributed by atoms with Gasteiger partial charge in [0.25, 0.3) is 0 Å². The quantitative estimate of drug-likeness (QED) is 0.256. The van der Waals surface area contributed by atoms with E-state index >= 15 is 0 Å². The van der Waals surface area contributed by atoms with E-state index in [1.165, 1.54) is 5.56 Å². The molecule has 0 radical (unpaired) electrons. The van der Waals surface area contributed by atoms with Gasteiger partial charge in [-0.1, -0.05) is 26.0 Å². The second kappa shape index (κ2) is 12.7. The number of hydrogen-bond donors (Lipinski definition) is 2. The summed E-state index contributed by atoms with van der Waals surface area (Å²) in [5.74, 6) is 1.37. The van der Waals surface area contributed by atoms with Crippen LogP contribution in [0.15, 0.2) is 47.7 Å². The van der Waals surface area contributed by atoms with Gasteiger partial charge in [-0.2, -0.15) is 5.10 Å². The van der Waals surface area contributed by atoms with Gasteiger partial charge in [-0.25, -0.2) is 4.68 Å². The molecule has 2 rings (SSSR count). The van der Waals surface area contributed by atoms with Crippen molar-refractivity contribution >= 4 is 29.9 Å². The molecule has 6 nitrogen and oxygen atoms in total. The van der Waals surface area contributed by atoms with Crippen molar-refractivity contribution in [3.63, 3.8) is 0 Å². The molecule has 0 unspecified atom stereocenters. The van der Waals surface area contributed by atoms with Gasteiger partial charge in [0.15, 0.2) is 5.96 Å². The topological polar surface area (TPSA) is 63.5 Å². The number of nitrogens with one attached hydrogen (secondary N) is 2. The van der Waals surface area contributed by atoms with Crippen LogP contribution in [0.1, 0.15) is 19.4 Å². The molecule has 0 saturated carbocycles. The fourth-order valence-electron chi connectivity index (χ4n) is 2.34. The first kappa shape index (κ1) is 22.4. The van der Waals surface area contributed by atoms with Gasteiger partial charge in [-0.3, -0.25) is 4.99 Å². The summed E-state index contributed by atoms with van der Waals surface area (Å²) in [6.07, 6.45) is 4.66. The predicted octanol–water partition coefficient (Wildman–Crippen LogP) is 2.87. The van der Waals surface area contributed by atoms with Crippen molar-refractivity contribution in [2.24, 2.45) is 10.9 Å². The number of nitrogens with zero attached hydrogens (tertiary/aromatic N) is 3. The number of rotatable bonds is 9. The molecule has 0 amide bonds. The number of benzene rings is 1. The third kappa shape index (κ3) is 8.18. The van der Waals surface area contributed by atoms with E-state index in [9.17, 15) is 0 Å². The molecule has 7 heteroatoms. The van der Waals surface area contributed by atoms with E-state index in [2.05, 4.69) is 58.8 Å². The van der Waals surface area contributed by atoms with Crippen molar-refractivity contribution in [2.75, 3.05) is 33.4 Å². The summed E-state index contributed by atoms with van der Waals surface area (Å²) in [7, 11) is 1.78. The molecule has 144 valence electrons. The highest BCUT2D eigenvalue weighted by Crippen LogP contribution is 2.08. The summed E-state index contributed by atoms with van der Waals surface area (Å²) in [6, 6.07) is 10.4. The molecule has 1 heterocycles. The molecule has 0 atom stereocenters. The molecule has 2 N–H and O–H groups in total. The maximum atomic E-state index is 5.55. The smallest absolute Gasteiger partial charge is 0.191 e. The number of ether oxygens (including phenoxy) is 1. The third-order valence-corrected chi connectivity index (χ3v) is 3.63. The maximum absolute atomic E-state index is 5.55. The van der Waals surface area contributed by atoms with Crippen molar-refractivity contribution in [3.05, 3.63) is 48.3 Å². The molecule has 0 bridgehead atoms. The minimum Gasteiger partial charge on any atom is -0.379 e. The van der Waals surface area contributed by atoms with Crippen LogP contribution < -0.4 is 10.6 Å². The highest BCUT2D eigenvalue weighted by Gasteiger charge is 2.00. The molecule has 0 aliphatic rings. The summed E-state index contributed by atoms with van der Waals surface area (Å²) in [5.41, 5.74) is 2.35. The average molecular weight is 471 g/mol. The van der Waals surface area contributed by atoms with Crippen LogP contribution in [-0.2, 0) is 11.2 Å². The molecule has 1 aromatic heterocycles. The van der Waals surface area contributed by atoms with E-state index in [0.717, 1.165) is 37.8 Å². The van der Waals surface area contributed by atoms with Gasteiger partial charge in [0, 0.05) is 39.1 Å². The fraction of sp³-hybridized carbons (Fsp3) is 0.474. The monoisotopic (exact) mass is 471 g/mol. The Labute approximate surface area is 173 Å². The Morgan fingerprint density at radius 3 is 2.54 bits per heavy atom.